The van der Waals surface area contributed by atoms with E-state index in [1.54, 1.807) is 0 Å². The van der Waals surface area contributed by atoms with Gasteiger partial charge in [0, 0.05) is 17.6 Å². The van der Waals surface area contributed by atoms with Crippen molar-refractivity contribution in [2.24, 2.45) is 11.7 Å². The highest BCUT2D eigenvalue weighted by Gasteiger charge is 2.26. The second kappa shape index (κ2) is 8.42. The first-order chi connectivity index (χ1) is 9.56. The Morgan fingerprint density at radius 1 is 1.35 bits per heavy atom. The fourth-order valence-corrected chi connectivity index (χ4v) is 3.01. The van der Waals surface area contributed by atoms with Crippen LogP contribution in [0.15, 0.2) is 28.7 Å². The van der Waals surface area contributed by atoms with Gasteiger partial charge in [0.25, 0.3) is 0 Å². The van der Waals surface area contributed by atoms with Gasteiger partial charge in [0.15, 0.2) is 0 Å². The summed E-state index contributed by atoms with van der Waals surface area (Å²) in [4.78, 5) is 14.6. The summed E-state index contributed by atoms with van der Waals surface area (Å²) in [6.07, 6.45) is 1.74. The highest BCUT2D eigenvalue weighted by atomic mass is 79.9. The monoisotopic (exact) mass is 340 g/mol. The maximum absolute atomic E-state index is 12.7. The first kappa shape index (κ1) is 17.2. The molecule has 20 heavy (non-hydrogen) atoms. The Morgan fingerprint density at radius 2 is 2.00 bits per heavy atom. The molecule has 0 fully saturated rings. The number of nitrogens with two attached hydrogens (primary N) is 1. The minimum Gasteiger partial charge on any atom is -0.336 e. The van der Waals surface area contributed by atoms with Gasteiger partial charge in [-0.1, -0.05) is 48.0 Å². The number of halogens is 1. The Balaban J connectivity index is 3.01. The van der Waals surface area contributed by atoms with E-state index in [0.29, 0.717) is 6.54 Å². The maximum atomic E-state index is 12.7. The third-order valence-corrected chi connectivity index (χ3v) is 4.42. The van der Waals surface area contributed by atoms with E-state index in [-0.39, 0.29) is 17.9 Å². The van der Waals surface area contributed by atoms with Crippen LogP contribution in [0.3, 0.4) is 0 Å². The van der Waals surface area contributed by atoms with Crippen molar-refractivity contribution in [3.63, 3.8) is 0 Å². The van der Waals surface area contributed by atoms with Crippen molar-refractivity contribution in [2.75, 3.05) is 13.1 Å². The van der Waals surface area contributed by atoms with E-state index in [4.69, 9.17) is 5.73 Å². The smallest absolute Gasteiger partial charge is 0.227 e. The van der Waals surface area contributed by atoms with Crippen LogP contribution in [0.1, 0.15) is 45.2 Å². The molecule has 2 unspecified atom stereocenters. The summed E-state index contributed by atoms with van der Waals surface area (Å²) in [5.74, 6) is 0.0894. The number of carbonyl (C=O) groups is 1. The molecular formula is C16H25BrN2O. The molecule has 0 saturated carbocycles. The van der Waals surface area contributed by atoms with Crippen LogP contribution in [0.25, 0.3) is 0 Å². The van der Waals surface area contributed by atoms with E-state index in [0.717, 1.165) is 29.4 Å². The lowest BCUT2D eigenvalue weighted by atomic mass is 10.0. The Hall–Kier alpha value is -0.870. The Bertz CT molecular complexity index is 432. The minimum absolute atomic E-state index is 0.0543. The molecule has 1 rings (SSSR count). The van der Waals surface area contributed by atoms with Gasteiger partial charge in [0.1, 0.15) is 0 Å². The summed E-state index contributed by atoms with van der Waals surface area (Å²) in [6.45, 7) is 7.37. The first-order valence-electron chi connectivity index (χ1n) is 7.31. The van der Waals surface area contributed by atoms with Gasteiger partial charge < -0.3 is 10.6 Å². The second-order valence-electron chi connectivity index (χ2n) is 5.07. The molecular weight excluding hydrogens is 316 g/mol. The lowest BCUT2D eigenvalue weighted by Crippen LogP contribution is -2.41. The van der Waals surface area contributed by atoms with Gasteiger partial charge in [0.2, 0.25) is 5.91 Å². The van der Waals surface area contributed by atoms with E-state index in [9.17, 15) is 4.79 Å². The largest absolute Gasteiger partial charge is 0.336 e. The fourth-order valence-electron chi connectivity index (χ4n) is 2.39. The maximum Gasteiger partial charge on any atom is 0.227 e. The van der Waals surface area contributed by atoms with Gasteiger partial charge in [-0.3, -0.25) is 4.79 Å². The van der Waals surface area contributed by atoms with Gasteiger partial charge in [-0.15, -0.1) is 0 Å². The molecule has 1 amide bonds. The van der Waals surface area contributed by atoms with Crippen molar-refractivity contribution in [2.45, 2.75) is 39.7 Å². The molecule has 3 nitrogen and oxygen atoms in total. The van der Waals surface area contributed by atoms with E-state index in [1.807, 2.05) is 30.0 Å². The van der Waals surface area contributed by atoms with Crippen molar-refractivity contribution in [3.8, 4) is 0 Å². The highest BCUT2D eigenvalue weighted by Crippen LogP contribution is 2.28. The molecule has 0 aliphatic carbocycles. The summed E-state index contributed by atoms with van der Waals surface area (Å²) in [5.41, 5.74) is 6.87. The molecule has 2 N–H and O–H groups in total. The lowest BCUT2D eigenvalue weighted by Gasteiger charge is -2.32. The molecule has 1 aromatic carbocycles. The summed E-state index contributed by atoms with van der Waals surface area (Å²) in [6, 6.07) is 8.12. The van der Waals surface area contributed by atoms with Crippen LogP contribution in [0.2, 0.25) is 0 Å². The van der Waals surface area contributed by atoms with E-state index < -0.39 is 0 Å². The summed E-state index contributed by atoms with van der Waals surface area (Å²) >= 11 is 3.57. The Labute approximate surface area is 130 Å². The van der Waals surface area contributed by atoms with Crippen LogP contribution in [-0.4, -0.2) is 23.9 Å². The fraction of sp³-hybridized carbons (Fsp3) is 0.562. The van der Waals surface area contributed by atoms with Crippen LogP contribution < -0.4 is 5.73 Å². The average molecular weight is 341 g/mol. The first-order valence-corrected chi connectivity index (χ1v) is 8.11. The normalized spacial score (nSPS) is 13.8. The van der Waals surface area contributed by atoms with E-state index in [2.05, 4.69) is 35.8 Å². The predicted molar refractivity (Wildman–Crippen MR) is 87.4 cm³/mol. The molecule has 0 aliphatic heterocycles. The molecule has 2 atom stereocenters. The number of rotatable bonds is 7. The topological polar surface area (TPSA) is 46.3 Å². The van der Waals surface area contributed by atoms with Crippen molar-refractivity contribution in [3.05, 3.63) is 34.3 Å². The zero-order valence-corrected chi connectivity index (χ0v) is 14.2. The molecule has 112 valence electrons. The van der Waals surface area contributed by atoms with Gasteiger partial charge in [-0.05, 0) is 31.4 Å². The molecule has 0 radical (unpaired) electrons. The highest BCUT2D eigenvalue weighted by molar-refractivity contribution is 9.10. The number of carbonyl (C=O) groups excluding carboxylic acids is 1. The molecule has 0 aromatic heterocycles. The van der Waals surface area contributed by atoms with Crippen molar-refractivity contribution in [1.82, 2.24) is 4.90 Å². The molecule has 4 heteroatoms. The molecule has 0 spiro atoms. The molecule has 0 bridgehead atoms. The van der Waals surface area contributed by atoms with Crippen LogP contribution in [0.4, 0.5) is 0 Å². The van der Waals surface area contributed by atoms with Gasteiger partial charge in [0.05, 0.1) is 12.0 Å². The van der Waals surface area contributed by atoms with E-state index in [1.165, 1.54) is 0 Å². The van der Waals surface area contributed by atoms with Gasteiger partial charge >= 0.3 is 0 Å². The molecule has 0 saturated heterocycles. The zero-order chi connectivity index (χ0) is 15.1. The molecule has 0 heterocycles. The number of amides is 1. The summed E-state index contributed by atoms with van der Waals surface area (Å²) < 4.78 is 1.04. The van der Waals surface area contributed by atoms with Crippen LogP contribution >= 0.6 is 15.9 Å². The molecule has 1 aromatic rings. The number of benzene rings is 1. The predicted octanol–water partition coefficient (Wildman–Crippen LogP) is 3.73. The lowest BCUT2D eigenvalue weighted by molar-refractivity contribution is -0.137. The van der Waals surface area contributed by atoms with Crippen molar-refractivity contribution < 1.29 is 4.79 Å². The van der Waals surface area contributed by atoms with Crippen LogP contribution in [-0.2, 0) is 4.79 Å². The number of nitrogens with zero attached hydrogens (tertiary/aromatic N) is 1. The van der Waals surface area contributed by atoms with Gasteiger partial charge in [-0.2, -0.15) is 0 Å². The standard InChI is InChI=1S/C16H25BrN2O/c1-4-10-19(16(20)13(5-2)11-18)12(3)14-8-6-7-9-15(14)17/h6-9,12-13H,4-5,10-11,18H2,1-3H3. The zero-order valence-electron chi connectivity index (χ0n) is 12.6. The third-order valence-electron chi connectivity index (χ3n) is 3.70. The minimum atomic E-state index is -0.0773. The van der Waals surface area contributed by atoms with Crippen molar-refractivity contribution in [1.29, 1.82) is 0 Å². The van der Waals surface area contributed by atoms with E-state index >= 15 is 0 Å². The number of hydrogen-bond acceptors (Lipinski definition) is 2. The molecule has 0 aliphatic rings. The SMILES string of the molecule is CCCN(C(=O)C(CC)CN)C(C)c1ccccc1Br. The Morgan fingerprint density at radius 3 is 2.50 bits per heavy atom. The Kier molecular flexibility index (Phi) is 7.24. The van der Waals surface area contributed by atoms with Crippen LogP contribution in [0.5, 0.6) is 0 Å². The summed E-state index contributed by atoms with van der Waals surface area (Å²) in [7, 11) is 0. The second-order valence-corrected chi connectivity index (χ2v) is 5.92. The third kappa shape index (κ3) is 4.06. The average Bonchev–Trinajstić information content (AvgIpc) is 2.45. The summed E-state index contributed by atoms with van der Waals surface area (Å²) in [5, 5.41) is 0. The van der Waals surface area contributed by atoms with Gasteiger partial charge in [-0.25, -0.2) is 0 Å². The number of hydrogen-bond donors (Lipinski definition) is 1. The quantitative estimate of drug-likeness (QED) is 0.821. The van der Waals surface area contributed by atoms with Crippen LogP contribution in [0, 0.1) is 5.92 Å². The van der Waals surface area contributed by atoms with Crippen molar-refractivity contribution >= 4 is 21.8 Å².